The number of aromatic nitrogens is 14. The number of hydrogen-bond donors (Lipinski definition) is 3. The molecule has 14 heterocycles. The molecule has 2 aliphatic carbocycles. The van der Waals surface area contributed by atoms with Crippen LogP contribution in [-0.4, -0.2) is 231 Å². The van der Waals surface area contributed by atoms with E-state index in [2.05, 4.69) is 131 Å². The quantitative estimate of drug-likeness (QED) is 0.0757. The van der Waals surface area contributed by atoms with Gasteiger partial charge in [0.05, 0.1) is 120 Å². The van der Waals surface area contributed by atoms with Crippen molar-refractivity contribution >= 4 is 108 Å². The molecule has 6 fully saturated rings. The first-order valence-electron chi connectivity index (χ1n) is 47.9. The van der Waals surface area contributed by atoms with Gasteiger partial charge in [0.25, 0.3) is 0 Å². The summed E-state index contributed by atoms with van der Waals surface area (Å²) in [6, 6.07) is 37.5. The van der Waals surface area contributed by atoms with Crippen molar-refractivity contribution in [2.75, 3.05) is 127 Å². The number of fused-ring (bicyclic) bond motifs is 6. The highest BCUT2D eigenvalue weighted by Crippen LogP contribution is 2.42. The van der Waals surface area contributed by atoms with Crippen molar-refractivity contribution in [2.24, 2.45) is 18.9 Å². The fourth-order valence-electron chi connectivity index (χ4n) is 20.1. The molecule has 10 aromatic heterocycles. The Morgan fingerprint density at radius 2 is 0.781 bits per heavy atom. The molecule has 0 radical (unpaired) electrons. The molecule has 2 atom stereocenters. The zero-order chi connectivity index (χ0) is 96.9. The molecule has 0 unspecified atom stereocenters. The summed E-state index contributed by atoms with van der Waals surface area (Å²) >= 11 is 5.32. The lowest BCUT2D eigenvalue weighted by Gasteiger charge is -2.38. The van der Waals surface area contributed by atoms with Crippen LogP contribution in [0.1, 0.15) is 157 Å². The van der Waals surface area contributed by atoms with E-state index in [0.717, 1.165) is 232 Å². The normalized spacial score (nSPS) is 16.6. The second-order valence-corrected chi connectivity index (χ2v) is 38.3. The van der Waals surface area contributed by atoms with Crippen molar-refractivity contribution in [1.82, 2.24) is 88.4 Å². The third kappa shape index (κ3) is 21.4. The van der Waals surface area contributed by atoms with Gasteiger partial charge in [0.1, 0.15) is 5.60 Å². The maximum atomic E-state index is 13.0. The lowest BCUT2D eigenvalue weighted by atomic mass is 9.88. The molecular weight excluding hydrogens is 1750 g/mol. The number of aryl methyl sites for hydroxylation is 9. The lowest BCUT2D eigenvalue weighted by molar-refractivity contribution is -0.137. The van der Waals surface area contributed by atoms with Crippen molar-refractivity contribution in [1.29, 1.82) is 0 Å². The highest BCUT2D eigenvalue weighted by atomic mass is 35.5. The Balaban J connectivity index is 0.000000128. The summed E-state index contributed by atoms with van der Waals surface area (Å²) in [6.45, 7) is 33.9. The van der Waals surface area contributed by atoms with Gasteiger partial charge in [-0.3, -0.25) is 19.2 Å². The molecule has 4 amide bonds. The van der Waals surface area contributed by atoms with Crippen LogP contribution in [0.5, 0.6) is 23.0 Å². The minimum atomic E-state index is -0.503. The van der Waals surface area contributed by atoms with Gasteiger partial charge < -0.3 is 73.3 Å². The van der Waals surface area contributed by atoms with Gasteiger partial charge in [0.2, 0.25) is 23.0 Å². The average molecular weight is 1880 g/mol. The van der Waals surface area contributed by atoms with Crippen molar-refractivity contribution in [2.45, 2.75) is 185 Å². The number of carbonyl (C=O) groups is 5. The monoisotopic (exact) mass is 1880 g/mol. The maximum absolute atomic E-state index is 13.0. The SMILES string of the molecule is CC(=O)N[C@@H]1CCN(c2cc(C)nn3c(-c4ccc5cc[nH]c5c4)c(C)nc23)C1.CC(=O)N[C@@H]1CCN(c2cc(C)nn3c(-c4ccc5ccn(C)c5c4)c(C)nc23)C1.COc1ccc(-c2c(C)nc3c(N4CCN(C(=O)C5CCCCC5)CC4)cc(C)nn23)cc1OC.COc1ccc(-c2c(C)nc3c(N4CCN(C(=O)OC(C)(C)C)CC4)cc(C)nn23)cc1OC.O=C(Cl)C1CCCCC1. The van der Waals surface area contributed by atoms with Gasteiger partial charge in [0.15, 0.2) is 45.6 Å². The average Bonchev–Trinajstić information content (AvgIpc) is 1.66. The number of nitrogens with one attached hydrogen (secondary N) is 3. The van der Waals surface area contributed by atoms with Gasteiger partial charge in [-0.05, 0) is 222 Å². The van der Waals surface area contributed by atoms with Crippen molar-refractivity contribution < 1.29 is 47.7 Å². The number of amides is 4. The number of carbonyl (C=O) groups excluding carboxylic acids is 5. The lowest BCUT2D eigenvalue weighted by Crippen LogP contribution is -2.50. The van der Waals surface area contributed by atoms with Crippen LogP contribution in [0.3, 0.4) is 0 Å². The van der Waals surface area contributed by atoms with Crippen LogP contribution < -0.4 is 49.2 Å². The number of piperazine rings is 2. The smallest absolute Gasteiger partial charge is 0.410 e. The molecule has 0 spiro atoms. The Morgan fingerprint density at radius 3 is 1.17 bits per heavy atom. The predicted molar refractivity (Wildman–Crippen MR) is 538 cm³/mol. The predicted octanol–water partition coefficient (Wildman–Crippen LogP) is 17.1. The first-order valence-corrected chi connectivity index (χ1v) is 48.2. The molecular formula is C104H129ClN22O10. The molecule has 137 heavy (non-hydrogen) atoms. The van der Waals surface area contributed by atoms with E-state index in [-0.39, 0.29) is 47.1 Å². The van der Waals surface area contributed by atoms with Crippen LogP contribution in [0.2, 0.25) is 0 Å². The zero-order valence-corrected chi connectivity index (χ0v) is 83.0. The number of aromatic amines is 1. The van der Waals surface area contributed by atoms with E-state index in [1.807, 2.05) is 137 Å². The van der Waals surface area contributed by atoms with Crippen molar-refractivity contribution in [3.05, 3.63) is 167 Å². The summed E-state index contributed by atoms with van der Waals surface area (Å²) in [4.78, 5) is 94.9. The van der Waals surface area contributed by atoms with Crippen molar-refractivity contribution in [3.8, 4) is 68.0 Å². The number of imidazole rings is 4. The fraction of sp³-hybridized carbons (Fsp3) is 0.452. The number of ether oxygens (including phenoxy) is 5. The summed E-state index contributed by atoms with van der Waals surface area (Å²) in [5.74, 6) is 3.49. The second-order valence-electron chi connectivity index (χ2n) is 37.9. The molecule has 0 bridgehead atoms. The highest BCUT2D eigenvalue weighted by Gasteiger charge is 2.35. The third-order valence-electron chi connectivity index (χ3n) is 26.7. The van der Waals surface area contributed by atoms with E-state index in [1.165, 1.54) is 54.8 Å². The largest absolute Gasteiger partial charge is 0.493 e. The van der Waals surface area contributed by atoms with E-state index in [0.29, 0.717) is 55.1 Å². The van der Waals surface area contributed by atoms with E-state index in [9.17, 15) is 24.0 Å². The molecule has 722 valence electrons. The van der Waals surface area contributed by atoms with E-state index in [1.54, 1.807) is 47.2 Å². The molecule has 33 heteroatoms. The molecule has 14 aromatic rings. The maximum Gasteiger partial charge on any atom is 0.410 e. The van der Waals surface area contributed by atoms with Gasteiger partial charge in [0, 0.05) is 169 Å². The van der Waals surface area contributed by atoms with E-state index >= 15 is 0 Å². The number of anilines is 4. The molecule has 6 aliphatic rings. The standard InChI is InChI=1S/C27H35N5O3.C25H33N5O4.C23H26N6O.C22H24N6O.C7H11ClO/c1-18-16-22(30-12-14-31(15-13-30)27(33)20-8-6-5-7-9-20)26-28-19(2)25(32(26)29-18)21-10-11-23(34-3)24(17-21)35-4;1-16-14-19(28-10-12-29(13-11-28)24(31)34-25(3,4)5)23-26-17(2)22(30(23)27-16)18-8-9-20(32-6)21(15-18)33-7;1-14-11-21(28-10-8-19(13-28)25-16(3)30)23-24-15(2)22(29(23)26-14)18-6-5-17-7-9-27(4)20(17)12-18;1-13-10-20(27-9-7-18(12-27)25-15(3)29)22-24-14(2)21(28(22)26-13)17-5-4-16-6-8-23-19(16)11-17;8-7(9)6-4-2-1-3-5-6/h10-11,16-17,20H,5-9,12-15H2,1-4H3;8-9,14-15H,10-13H2,1-7H3;5-7,9,11-12,19H,8,10,13H2,1-4H3,(H,25,30);4-6,8,10-11,18,23H,7,9,12H2,1-3H3,(H,25,29);6H,1-5H2/t;;19-;18-;/m..11./s1. The summed E-state index contributed by atoms with van der Waals surface area (Å²) in [7, 11) is 8.59. The van der Waals surface area contributed by atoms with E-state index < -0.39 is 5.60 Å². The van der Waals surface area contributed by atoms with Crippen LogP contribution in [-0.2, 0) is 31.0 Å². The number of hydrogen-bond acceptors (Lipinski definition) is 22. The zero-order valence-electron chi connectivity index (χ0n) is 82.3. The Kier molecular flexibility index (Phi) is 29.3. The topological polar surface area (TPSA) is 316 Å². The first-order chi connectivity index (χ1) is 65.8. The molecule has 4 saturated heterocycles. The van der Waals surface area contributed by atoms with Crippen LogP contribution in [0.4, 0.5) is 27.5 Å². The Hall–Kier alpha value is -13.5. The van der Waals surface area contributed by atoms with Gasteiger partial charge in [-0.2, -0.15) is 20.4 Å². The van der Waals surface area contributed by atoms with Gasteiger partial charge in [-0.25, -0.2) is 42.8 Å². The fourth-order valence-corrected chi connectivity index (χ4v) is 20.3. The summed E-state index contributed by atoms with van der Waals surface area (Å²) in [5.41, 5.74) is 24.7. The van der Waals surface area contributed by atoms with Gasteiger partial charge >= 0.3 is 6.09 Å². The highest BCUT2D eigenvalue weighted by molar-refractivity contribution is 6.64. The molecule has 3 N–H and O–H groups in total. The molecule has 20 rings (SSSR count). The van der Waals surface area contributed by atoms with E-state index in [4.69, 9.17) is 75.6 Å². The molecule has 4 aromatic carbocycles. The van der Waals surface area contributed by atoms with Crippen LogP contribution in [0.15, 0.2) is 122 Å². The summed E-state index contributed by atoms with van der Waals surface area (Å²) in [6.07, 6.45) is 17.1. The Morgan fingerprint density at radius 1 is 0.409 bits per heavy atom. The number of rotatable bonds is 16. The number of H-pyrrole nitrogens is 1. The summed E-state index contributed by atoms with van der Waals surface area (Å²) in [5, 5.41) is 27.6. The minimum Gasteiger partial charge on any atom is -0.493 e. The summed E-state index contributed by atoms with van der Waals surface area (Å²) < 4.78 is 37.3. The second kappa shape index (κ2) is 41.6. The number of methoxy groups -OCH3 is 4. The van der Waals surface area contributed by atoms with Crippen LogP contribution in [0.25, 0.3) is 89.4 Å². The van der Waals surface area contributed by atoms with Gasteiger partial charge in [-0.15, -0.1) is 0 Å². The van der Waals surface area contributed by atoms with Gasteiger partial charge in [-0.1, -0.05) is 62.8 Å². The third-order valence-corrected chi connectivity index (χ3v) is 27.0. The molecule has 4 aliphatic heterocycles. The number of halogens is 1. The number of nitrogens with zero attached hydrogens (tertiary/aromatic N) is 19. The minimum absolute atomic E-state index is 0.0200. The first kappa shape index (κ1) is 96.6. The van der Waals surface area contributed by atoms with Crippen LogP contribution in [0, 0.1) is 67.2 Å². The molecule has 2 saturated carbocycles. The number of benzene rings is 4. The Bertz CT molecular complexity index is 6790. The molecule has 32 nitrogen and oxygen atoms in total. The Labute approximate surface area is 804 Å². The van der Waals surface area contributed by atoms with Crippen LogP contribution >= 0.6 is 11.6 Å². The van der Waals surface area contributed by atoms with Crippen molar-refractivity contribution in [3.63, 3.8) is 0 Å².